The zero-order valence-electron chi connectivity index (χ0n) is 14.4. The monoisotopic (exact) mass is 378 g/mol. The second-order valence-corrected chi connectivity index (χ2v) is 6.51. The Bertz CT molecular complexity index is 483. The number of carboxylic acid groups (broad SMARTS) is 1. The van der Waals surface area contributed by atoms with E-state index in [0.29, 0.717) is 12.3 Å². The molecule has 0 rings (SSSR count). The highest BCUT2D eigenvalue weighted by Crippen LogP contribution is 2.21. The molecule has 0 aromatic heterocycles. The van der Waals surface area contributed by atoms with E-state index in [9.17, 15) is 24.3 Å². The number of carbonyl (C=O) groups is 4. The van der Waals surface area contributed by atoms with E-state index >= 15 is 0 Å². The highest BCUT2D eigenvalue weighted by Gasteiger charge is 2.34. The molecule has 0 aliphatic heterocycles. The van der Waals surface area contributed by atoms with Crippen LogP contribution in [0.15, 0.2) is 0 Å². The Labute approximate surface area is 151 Å². The quantitative estimate of drug-likeness (QED) is 0.224. The molecule has 0 fully saturated rings. The van der Waals surface area contributed by atoms with Gasteiger partial charge in [-0.2, -0.15) is 12.6 Å². The minimum atomic E-state index is -1.46. The Kier molecular flexibility index (Phi) is 10.8. The number of thiol groups is 1. The van der Waals surface area contributed by atoms with Crippen molar-refractivity contribution in [3.8, 4) is 0 Å². The summed E-state index contributed by atoms with van der Waals surface area (Å²) in [4.78, 5) is 45.1. The number of hydrogen-bond donors (Lipinski definition) is 5. The van der Waals surface area contributed by atoms with Crippen LogP contribution in [0.3, 0.4) is 0 Å². The molecule has 0 saturated carbocycles. The molecule has 0 bridgehead atoms. The molecule has 25 heavy (non-hydrogen) atoms. The number of ether oxygens (including phenoxy) is 1. The van der Waals surface area contributed by atoms with Gasteiger partial charge in [0.25, 0.3) is 0 Å². The highest BCUT2D eigenvalue weighted by molar-refractivity contribution is 7.80. The molecule has 0 aromatic carbocycles. The van der Waals surface area contributed by atoms with E-state index in [-0.39, 0.29) is 38.3 Å². The van der Waals surface area contributed by atoms with Crippen molar-refractivity contribution in [3.63, 3.8) is 0 Å². The van der Waals surface area contributed by atoms with Gasteiger partial charge in [-0.3, -0.25) is 19.2 Å². The fourth-order valence-corrected chi connectivity index (χ4v) is 1.77. The topological polar surface area (TPSA) is 142 Å². The SMILES string of the molecule is CC(C)(COC(=O)CCC(=O)O)[C@@H](O)C(=O)NCCC(=O)NCCS. The number of aliphatic hydroxyl groups is 1. The molecule has 4 N–H and O–H groups in total. The maximum absolute atomic E-state index is 11.9. The molecular weight excluding hydrogens is 352 g/mol. The Morgan fingerprint density at radius 3 is 2.28 bits per heavy atom. The van der Waals surface area contributed by atoms with Crippen molar-refractivity contribution in [1.82, 2.24) is 10.6 Å². The van der Waals surface area contributed by atoms with E-state index in [1.54, 1.807) is 0 Å². The number of amides is 2. The molecule has 0 saturated heterocycles. The van der Waals surface area contributed by atoms with Gasteiger partial charge in [-0.1, -0.05) is 13.8 Å². The van der Waals surface area contributed by atoms with E-state index in [0.717, 1.165) is 0 Å². The van der Waals surface area contributed by atoms with Crippen LogP contribution in [0.5, 0.6) is 0 Å². The molecule has 2 amide bonds. The van der Waals surface area contributed by atoms with Crippen molar-refractivity contribution < 1.29 is 34.1 Å². The fourth-order valence-electron chi connectivity index (χ4n) is 1.66. The van der Waals surface area contributed by atoms with Crippen LogP contribution in [0.2, 0.25) is 0 Å². The Morgan fingerprint density at radius 1 is 1.08 bits per heavy atom. The minimum absolute atomic E-state index is 0.0583. The predicted octanol–water partition coefficient (Wildman–Crippen LogP) is -0.666. The molecule has 0 spiro atoms. The average molecular weight is 378 g/mol. The van der Waals surface area contributed by atoms with Crippen molar-refractivity contribution in [2.45, 2.75) is 39.2 Å². The zero-order valence-corrected chi connectivity index (χ0v) is 15.3. The smallest absolute Gasteiger partial charge is 0.306 e. The van der Waals surface area contributed by atoms with Gasteiger partial charge in [-0.05, 0) is 0 Å². The zero-order chi connectivity index (χ0) is 19.5. The van der Waals surface area contributed by atoms with Crippen LogP contribution in [0.25, 0.3) is 0 Å². The summed E-state index contributed by atoms with van der Waals surface area (Å²) in [7, 11) is 0. The summed E-state index contributed by atoms with van der Waals surface area (Å²) in [5, 5.41) is 23.6. The van der Waals surface area contributed by atoms with Crippen LogP contribution in [-0.2, 0) is 23.9 Å². The third kappa shape index (κ3) is 10.6. The summed E-state index contributed by atoms with van der Waals surface area (Å²) in [5.41, 5.74) is -1.07. The number of rotatable bonds is 12. The van der Waals surface area contributed by atoms with Gasteiger partial charge in [0.1, 0.15) is 6.10 Å². The van der Waals surface area contributed by atoms with Gasteiger partial charge in [-0.15, -0.1) is 0 Å². The number of hydrogen-bond acceptors (Lipinski definition) is 7. The van der Waals surface area contributed by atoms with Crippen molar-refractivity contribution >= 4 is 36.4 Å². The summed E-state index contributed by atoms with van der Waals surface area (Å²) in [6.45, 7) is 3.30. The van der Waals surface area contributed by atoms with Crippen LogP contribution in [0, 0.1) is 5.41 Å². The third-order valence-electron chi connectivity index (χ3n) is 3.22. The van der Waals surface area contributed by atoms with Gasteiger partial charge in [-0.25, -0.2) is 0 Å². The molecule has 144 valence electrons. The molecule has 9 nitrogen and oxygen atoms in total. The lowest BCUT2D eigenvalue weighted by molar-refractivity contribution is -0.154. The van der Waals surface area contributed by atoms with E-state index in [1.807, 2.05) is 0 Å². The lowest BCUT2D eigenvalue weighted by Crippen LogP contribution is -2.47. The average Bonchev–Trinajstić information content (AvgIpc) is 2.55. The number of esters is 1. The molecule has 0 aliphatic rings. The van der Waals surface area contributed by atoms with Crippen LogP contribution in [0.4, 0.5) is 0 Å². The molecule has 1 atom stereocenters. The molecule has 0 heterocycles. The lowest BCUT2D eigenvalue weighted by atomic mass is 9.87. The number of carboxylic acids is 1. The molecule has 0 unspecified atom stereocenters. The van der Waals surface area contributed by atoms with E-state index in [2.05, 4.69) is 23.3 Å². The summed E-state index contributed by atoms with van der Waals surface area (Å²) in [5.74, 6) is -2.25. The van der Waals surface area contributed by atoms with Gasteiger partial charge in [0, 0.05) is 30.7 Å². The summed E-state index contributed by atoms with van der Waals surface area (Å²) >= 11 is 3.95. The largest absolute Gasteiger partial charge is 0.481 e. The van der Waals surface area contributed by atoms with Crippen molar-refractivity contribution in [3.05, 3.63) is 0 Å². The second kappa shape index (κ2) is 11.7. The maximum atomic E-state index is 11.9. The second-order valence-electron chi connectivity index (χ2n) is 6.06. The molecule has 10 heteroatoms. The number of aliphatic carboxylic acids is 1. The first-order valence-electron chi connectivity index (χ1n) is 7.81. The van der Waals surface area contributed by atoms with Crippen LogP contribution in [-0.4, -0.2) is 65.5 Å². The summed E-state index contributed by atoms with van der Waals surface area (Å²) < 4.78 is 4.90. The Morgan fingerprint density at radius 2 is 1.72 bits per heavy atom. The van der Waals surface area contributed by atoms with E-state index < -0.39 is 29.4 Å². The Hall–Kier alpha value is -1.81. The van der Waals surface area contributed by atoms with E-state index in [4.69, 9.17) is 9.84 Å². The van der Waals surface area contributed by atoms with Gasteiger partial charge in [0.2, 0.25) is 11.8 Å². The van der Waals surface area contributed by atoms with Crippen molar-refractivity contribution in [2.24, 2.45) is 5.41 Å². The first-order chi connectivity index (χ1) is 11.6. The lowest BCUT2D eigenvalue weighted by Gasteiger charge is -2.29. The molecular formula is C15H26N2O7S. The highest BCUT2D eigenvalue weighted by atomic mass is 32.1. The van der Waals surface area contributed by atoms with Crippen LogP contribution in [0.1, 0.15) is 33.1 Å². The number of aliphatic hydroxyl groups excluding tert-OH is 1. The van der Waals surface area contributed by atoms with E-state index in [1.165, 1.54) is 13.8 Å². The minimum Gasteiger partial charge on any atom is -0.481 e. The first kappa shape index (κ1) is 23.2. The van der Waals surface area contributed by atoms with Crippen molar-refractivity contribution in [1.29, 1.82) is 0 Å². The van der Waals surface area contributed by atoms with Crippen molar-refractivity contribution in [2.75, 3.05) is 25.4 Å². The molecule has 0 aromatic rings. The maximum Gasteiger partial charge on any atom is 0.306 e. The van der Waals surface area contributed by atoms with Gasteiger partial charge in [0.05, 0.1) is 19.4 Å². The van der Waals surface area contributed by atoms with Crippen LogP contribution >= 0.6 is 12.6 Å². The summed E-state index contributed by atoms with van der Waals surface area (Å²) in [6.07, 6.45) is -2.02. The third-order valence-corrected chi connectivity index (χ3v) is 3.45. The number of carbonyl (C=O) groups excluding carboxylic acids is 3. The number of nitrogens with one attached hydrogen (secondary N) is 2. The van der Waals surface area contributed by atoms with Gasteiger partial charge < -0.3 is 25.6 Å². The first-order valence-corrected chi connectivity index (χ1v) is 8.44. The fraction of sp³-hybridized carbons (Fsp3) is 0.733. The molecule has 0 radical (unpaired) electrons. The van der Waals surface area contributed by atoms with Gasteiger partial charge in [0.15, 0.2) is 0 Å². The molecule has 0 aliphatic carbocycles. The standard InChI is InChI=1S/C15H26N2O7S/c1-15(2,9-24-12(21)4-3-11(19)20)13(22)14(23)17-6-5-10(18)16-7-8-25/h13,22,25H,3-9H2,1-2H3,(H,16,18)(H,17,23)(H,19,20)/t13-/m0/s1. The Balaban J connectivity index is 4.23. The predicted molar refractivity (Wildman–Crippen MR) is 92.1 cm³/mol. The normalized spacial score (nSPS) is 12.2. The van der Waals surface area contributed by atoms with Gasteiger partial charge >= 0.3 is 11.9 Å². The summed E-state index contributed by atoms with van der Waals surface area (Å²) in [6, 6.07) is 0. The van der Waals surface area contributed by atoms with Crippen LogP contribution < -0.4 is 10.6 Å².